The number of hydrazone groups is 1. The highest BCUT2D eigenvalue weighted by atomic mass is 32.3. The van der Waals surface area contributed by atoms with E-state index in [1.807, 2.05) is 42.5 Å². The van der Waals surface area contributed by atoms with E-state index in [9.17, 15) is 13.0 Å². The van der Waals surface area contributed by atoms with Crippen LogP contribution in [0.1, 0.15) is 5.56 Å². The van der Waals surface area contributed by atoms with E-state index in [4.69, 9.17) is 9.84 Å². The molecule has 33 heavy (non-hydrogen) atoms. The molecular weight excluding hydrogens is 442 g/mol. The molecular formula is C24H25N3O5S. The third-order valence-corrected chi connectivity index (χ3v) is 5.53. The lowest BCUT2D eigenvalue weighted by Crippen LogP contribution is -2.30. The molecule has 1 aromatic heterocycles. The molecule has 8 nitrogen and oxygen atoms in total. The summed E-state index contributed by atoms with van der Waals surface area (Å²) in [6.07, 6.45) is 1.95. The monoisotopic (exact) mass is 467 g/mol. The maximum Gasteiger partial charge on any atom is 0.217 e. The third-order valence-electron chi connectivity index (χ3n) is 5.12. The molecule has 0 N–H and O–H groups in total. The van der Waals surface area contributed by atoms with E-state index in [0.29, 0.717) is 0 Å². The highest BCUT2D eigenvalue weighted by Crippen LogP contribution is 2.24. The average molecular weight is 468 g/mol. The maximum absolute atomic E-state index is 9.22. The normalized spacial score (nSPS) is 11.4. The van der Waals surface area contributed by atoms with Crippen molar-refractivity contribution >= 4 is 44.1 Å². The molecule has 0 aliphatic carbocycles. The molecule has 0 aliphatic rings. The van der Waals surface area contributed by atoms with Crippen LogP contribution in [-0.4, -0.2) is 40.5 Å². The first-order valence-corrected chi connectivity index (χ1v) is 11.3. The van der Waals surface area contributed by atoms with Crippen LogP contribution < -0.4 is 14.3 Å². The zero-order chi connectivity index (χ0) is 24.0. The van der Waals surface area contributed by atoms with Crippen molar-refractivity contribution in [3.05, 3.63) is 78.4 Å². The minimum atomic E-state index is -4.41. The summed E-state index contributed by atoms with van der Waals surface area (Å²) >= 11 is 0. The zero-order valence-electron chi connectivity index (χ0n) is 18.8. The highest BCUT2D eigenvalue weighted by Gasteiger charge is 2.16. The SMILES string of the molecule is COS(=O)(=O)[O-].COc1ccc(N(C)/N=C/c2c3ccccc3[n+](C)c3ccccc23)cc1. The number of pyridine rings is 1. The van der Waals surface area contributed by atoms with Crippen molar-refractivity contribution in [1.82, 2.24) is 0 Å². The van der Waals surface area contributed by atoms with Crippen LogP contribution in [0.5, 0.6) is 5.75 Å². The van der Waals surface area contributed by atoms with Gasteiger partial charge in [0, 0.05) is 24.7 Å². The molecule has 0 fully saturated rings. The van der Waals surface area contributed by atoms with Crippen molar-refractivity contribution in [1.29, 1.82) is 0 Å². The second-order valence-corrected chi connectivity index (χ2v) is 8.20. The van der Waals surface area contributed by atoms with Gasteiger partial charge >= 0.3 is 0 Å². The summed E-state index contributed by atoms with van der Waals surface area (Å²) in [5.74, 6) is 0.837. The van der Waals surface area contributed by atoms with E-state index in [1.165, 1.54) is 21.8 Å². The van der Waals surface area contributed by atoms with Crippen molar-refractivity contribution in [2.75, 3.05) is 26.3 Å². The van der Waals surface area contributed by atoms with Crippen LogP contribution in [0, 0.1) is 0 Å². The van der Waals surface area contributed by atoms with Crippen LogP contribution >= 0.6 is 0 Å². The maximum atomic E-state index is 9.22. The molecule has 0 radical (unpaired) electrons. The lowest BCUT2D eigenvalue weighted by Gasteiger charge is -2.14. The standard InChI is InChI=1S/C23H22N3O.CH4O4S/c1-25-22-10-6-4-8-19(22)21(20-9-5-7-11-23(20)25)16-24-26(2)17-12-14-18(27-3)15-13-17;1-5-6(2,3)4/h4-16H,1-3H3;1H3,(H,2,3,4)/q+1;/p-1. The fourth-order valence-electron chi connectivity index (χ4n) is 3.41. The van der Waals surface area contributed by atoms with Gasteiger partial charge in [-0.25, -0.2) is 8.42 Å². The number of anilines is 1. The van der Waals surface area contributed by atoms with E-state index in [-0.39, 0.29) is 0 Å². The first-order valence-electron chi connectivity index (χ1n) is 9.98. The summed E-state index contributed by atoms with van der Waals surface area (Å²) < 4.78 is 38.5. The van der Waals surface area contributed by atoms with Gasteiger partial charge in [-0.1, -0.05) is 24.3 Å². The fourth-order valence-corrected chi connectivity index (χ4v) is 3.41. The Morgan fingerprint density at radius 3 is 1.85 bits per heavy atom. The Morgan fingerprint density at radius 1 is 0.909 bits per heavy atom. The molecule has 172 valence electrons. The number of methoxy groups -OCH3 is 1. The van der Waals surface area contributed by atoms with Crippen LogP contribution in [0.2, 0.25) is 0 Å². The predicted octanol–water partition coefficient (Wildman–Crippen LogP) is 3.39. The predicted molar refractivity (Wildman–Crippen MR) is 128 cm³/mol. The van der Waals surface area contributed by atoms with E-state index in [1.54, 1.807) is 7.11 Å². The number of hydrogen-bond acceptors (Lipinski definition) is 7. The molecule has 0 bridgehead atoms. The van der Waals surface area contributed by atoms with Gasteiger partial charge in [0.05, 0.1) is 36.9 Å². The number of hydrogen-bond donors (Lipinski definition) is 0. The van der Waals surface area contributed by atoms with Gasteiger partial charge < -0.3 is 9.29 Å². The Labute approximate surface area is 193 Å². The van der Waals surface area contributed by atoms with E-state index >= 15 is 0 Å². The van der Waals surface area contributed by atoms with Gasteiger partial charge in [0.2, 0.25) is 21.4 Å². The van der Waals surface area contributed by atoms with Gasteiger partial charge in [0.25, 0.3) is 0 Å². The third kappa shape index (κ3) is 5.83. The zero-order valence-corrected chi connectivity index (χ0v) is 19.6. The molecule has 1 heterocycles. The van der Waals surface area contributed by atoms with Gasteiger partial charge in [0.1, 0.15) is 12.8 Å². The lowest BCUT2D eigenvalue weighted by atomic mass is 10.0. The summed E-state index contributed by atoms with van der Waals surface area (Å²) in [7, 11) is 2.12. The molecule has 0 unspecified atom stereocenters. The second kappa shape index (κ2) is 10.4. The van der Waals surface area contributed by atoms with Gasteiger partial charge in [-0.15, -0.1) is 0 Å². The molecule has 0 saturated carbocycles. The Hall–Kier alpha value is -3.53. The molecule has 0 atom stereocenters. The van der Waals surface area contributed by atoms with E-state index in [2.05, 4.69) is 64.3 Å². The van der Waals surface area contributed by atoms with Gasteiger partial charge in [-0.05, 0) is 36.4 Å². The Bertz CT molecular complexity index is 1330. The fraction of sp³-hybridized carbons (Fsp3) is 0.167. The number of aryl methyl sites for hydroxylation is 1. The van der Waals surface area contributed by atoms with Crippen LogP contribution in [0.3, 0.4) is 0 Å². The van der Waals surface area contributed by atoms with Crippen LogP contribution in [0.4, 0.5) is 5.69 Å². The topological polar surface area (TPSA) is 95.1 Å². The van der Waals surface area contributed by atoms with E-state index < -0.39 is 10.4 Å². The summed E-state index contributed by atoms with van der Waals surface area (Å²) in [6, 6.07) is 24.7. The van der Waals surface area contributed by atoms with Crippen molar-refractivity contribution in [2.45, 2.75) is 0 Å². The van der Waals surface area contributed by atoms with Crippen molar-refractivity contribution in [3.63, 3.8) is 0 Å². The summed E-state index contributed by atoms with van der Waals surface area (Å²) in [5.41, 5.74) is 4.50. The summed E-state index contributed by atoms with van der Waals surface area (Å²) in [6.45, 7) is 0. The molecule has 4 aromatic rings. The molecule has 9 heteroatoms. The first kappa shape index (κ1) is 24.1. The molecule has 4 rings (SSSR count). The number of rotatable bonds is 5. The Morgan fingerprint density at radius 2 is 1.39 bits per heavy atom. The van der Waals surface area contributed by atoms with Crippen molar-refractivity contribution in [3.8, 4) is 5.75 Å². The number of nitrogens with zero attached hydrogens (tertiary/aromatic N) is 3. The molecule has 3 aromatic carbocycles. The molecule has 0 saturated heterocycles. The number of para-hydroxylation sites is 2. The number of benzene rings is 3. The Balaban J connectivity index is 0.000000454. The summed E-state index contributed by atoms with van der Waals surface area (Å²) in [4.78, 5) is 0. The van der Waals surface area contributed by atoms with Gasteiger partial charge in [-0.3, -0.25) is 9.19 Å². The van der Waals surface area contributed by atoms with Gasteiger partial charge in [-0.2, -0.15) is 9.67 Å². The smallest absolute Gasteiger partial charge is 0.217 e. The van der Waals surface area contributed by atoms with Crippen molar-refractivity contribution < 1.29 is 26.5 Å². The minimum Gasteiger partial charge on any atom is -0.726 e. The van der Waals surface area contributed by atoms with Crippen LogP contribution in [-0.2, 0) is 21.6 Å². The quantitative estimate of drug-likeness (QED) is 0.112. The van der Waals surface area contributed by atoms with Crippen LogP contribution in [0.15, 0.2) is 77.9 Å². The van der Waals surface area contributed by atoms with E-state index in [0.717, 1.165) is 24.1 Å². The number of ether oxygens (including phenoxy) is 1. The largest absolute Gasteiger partial charge is 0.726 e. The van der Waals surface area contributed by atoms with Gasteiger partial charge in [0.15, 0.2) is 0 Å². The van der Waals surface area contributed by atoms with Crippen LogP contribution in [0.25, 0.3) is 21.8 Å². The second-order valence-electron chi connectivity index (χ2n) is 7.05. The van der Waals surface area contributed by atoms with Crippen molar-refractivity contribution in [2.24, 2.45) is 12.1 Å². The summed E-state index contributed by atoms with van der Waals surface area (Å²) in [5, 5.41) is 8.95. The number of fused-ring (bicyclic) bond motifs is 2. The first-order chi connectivity index (χ1) is 15.7. The molecule has 0 aliphatic heterocycles. The average Bonchev–Trinajstić information content (AvgIpc) is 2.84. The lowest BCUT2D eigenvalue weighted by molar-refractivity contribution is -0.617. The molecule has 0 amide bonds. The number of aromatic nitrogens is 1. The molecule has 0 spiro atoms. The highest BCUT2D eigenvalue weighted by molar-refractivity contribution is 7.80. The minimum absolute atomic E-state index is 0.808. The Kier molecular flexibility index (Phi) is 7.59.